The molecule has 3 aromatic rings. The average Bonchev–Trinajstić information content (AvgIpc) is 2.74. The minimum atomic E-state index is -4.76. The molecule has 1 unspecified atom stereocenters. The first kappa shape index (κ1) is 23.2. The van der Waals surface area contributed by atoms with Crippen molar-refractivity contribution < 1.29 is 36.0 Å². The van der Waals surface area contributed by atoms with Crippen molar-refractivity contribution in [1.29, 1.82) is 0 Å². The molecule has 6 nitrogen and oxygen atoms in total. The lowest BCUT2D eigenvalue weighted by Crippen LogP contribution is -2.16. The van der Waals surface area contributed by atoms with E-state index in [1.807, 2.05) is 0 Å². The van der Waals surface area contributed by atoms with E-state index in [9.17, 15) is 26.6 Å². The van der Waals surface area contributed by atoms with Crippen LogP contribution in [0, 0.1) is 5.82 Å². The Labute approximate surface area is 182 Å². The number of alkyl halides is 3. The van der Waals surface area contributed by atoms with Gasteiger partial charge in [-0.25, -0.2) is 9.37 Å². The number of benzene rings is 2. The molecule has 0 radical (unpaired) electrons. The molecule has 32 heavy (non-hydrogen) atoms. The summed E-state index contributed by atoms with van der Waals surface area (Å²) < 4.78 is 75.2. The number of nitrogens with zero attached hydrogens (tertiary/aromatic N) is 1. The molecule has 0 fully saturated rings. The SMILES string of the molecule is COc1cc(F)ccc1Oc1ncc(C(F)(F)F)cc1C(=O)Nc1cccc(S(C)=O)c1. The summed E-state index contributed by atoms with van der Waals surface area (Å²) in [5.74, 6) is -2.12. The number of carbonyl (C=O) groups excluding carboxylic acids is 1. The number of hydrogen-bond donors (Lipinski definition) is 1. The third kappa shape index (κ3) is 5.41. The van der Waals surface area contributed by atoms with Crippen molar-refractivity contribution in [2.45, 2.75) is 11.1 Å². The van der Waals surface area contributed by atoms with Crippen LogP contribution in [0.2, 0.25) is 0 Å². The fourth-order valence-corrected chi connectivity index (χ4v) is 3.20. The van der Waals surface area contributed by atoms with Crippen molar-refractivity contribution in [3.63, 3.8) is 0 Å². The van der Waals surface area contributed by atoms with Crippen molar-refractivity contribution in [2.75, 3.05) is 18.7 Å². The predicted octanol–water partition coefficient (Wildman–Crippen LogP) is 5.03. The highest BCUT2D eigenvalue weighted by atomic mass is 32.2. The second-order valence-electron chi connectivity index (χ2n) is 6.41. The highest BCUT2D eigenvalue weighted by Crippen LogP contribution is 2.36. The van der Waals surface area contributed by atoms with Crippen molar-refractivity contribution in [1.82, 2.24) is 4.98 Å². The van der Waals surface area contributed by atoms with Gasteiger partial charge in [0.25, 0.3) is 5.91 Å². The van der Waals surface area contributed by atoms with Gasteiger partial charge in [0, 0.05) is 39.9 Å². The van der Waals surface area contributed by atoms with Gasteiger partial charge >= 0.3 is 6.18 Å². The van der Waals surface area contributed by atoms with E-state index in [0.29, 0.717) is 17.2 Å². The van der Waals surface area contributed by atoms with Gasteiger partial charge in [0.2, 0.25) is 5.88 Å². The first-order valence-corrected chi connectivity index (χ1v) is 10.5. The number of methoxy groups -OCH3 is 1. The summed E-state index contributed by atoms with van der Waals surface area (Å²) >= 11 is 0. The highest BCUT2D eigenvalue weighted by Gasteiger charge is 2.33. The molecule has 0 saturated heterocycles. The Bertz CT molecular complexity index is 1180. The summed E-state index contributed by atoms with van der Waals surface area (Å²) in [6.45, 7) is 0. The first-order chi connectivity index (χ1) is 15.1. The number of ether oxygens (including phenoxy) is 2. The maximum Gasteiger partial charge on any atom is 0.417 e. The molecular formula is C21H16F4N2O4S. The lowest BCUT2D eigenvalue weighted by molar-refractivity contribution is -0.137. The number of carbonyl (C=O) groups is 1. The van der Waals surface area contributed by atoms with E-state index in [2.05, 4.69) is 10.3 Å². The summed E-state index contributed by atoms with van der Waals surface area (Å²) in [7, 11) is -0.0822. The summed E-state index contributed by atoms with van der Waals surface area (Å²) in [5, 5.41) is 2.44. The minimum absolute atomic E-state index is 0.0452. The lowest BCUT2D eigenvalue weighted by Gasteiger charge is -2.15. The van der Waals surface area contributed by atoms with Gasteiger partial charge < -0.3 is 14.8 Å². The summed E-state index contributed by atoms with van der Waals surface area (Å²) in [4.78, 5) is 16.9. The second kappa shape index (κ2) is 9.35. The van der Waals surface area contributed by atoms with Gasteiger partial charge in [0.1, 0.15) is 11.4 Å². The minimum Gasteiger partial charge on any atom is -0.493 e. The summed E-state index contributed by atoms with van der Waals surface area (Å²) in [5.41, 5.74) is -1.47. The highest BCUT2D eigenvalue weighted by molar-refractivity contribution is 7.84. The first-order valence-electron chi connectivity index (χ1n) is 8.92. The zero-order valence-electron chi connectivity index (χ0n) is 16.7. The Hall–Kier alpha value is -3.47. The average molecular weight is 468 g/mol. The normalized spacial score (nSPS) is 12.2. The van der Waals surface area contributed by atoms with Crippen LogP contribution in [0.5, 0.6) is 17.4 Å². The number of rotatable bonds is 6. The number of hydrogen-bond acceptors (Lipinski definition) is 5. The molecule has 1 aromatic heterocycles. The summed E-state index contributed by atoms with van der Waals surface area (Å²) in [6, 6.07) is 9.88. The standard InChI is InChI=1S/C21H16F4N2O4S/c1-30-18-9-13(22)6-7-17(18)31-20-16(8-12(11-26-20)21(23,24)25)19(28)27-14-4-3-5-15(10-14)32(2)29/h3-11H,1-2H3,(H,27,28). The summed E-state index contributed by atoms with van der Waals surface area (Å²) in [6.07, 6.45) is -2.80. The molecule has 0 bridgehead atoms. The number of amides is 1. The molecule has 1 amide bonds. The molecule has 0 aliphatic carbocycles. The fourth-order valence-electron chi connectivity index (χ4n) is 2.63. The van der Waals surface area contributed by atoms with Gasteiger partial charge in [-0.15, -0.1) is 0 Å². The van der Waals surface area contributed by atoms with Crippen molar-refractivity contribution in [3.8, 4) is 17.4 Å². The van der Waals surface area contributed by atoms with Crippen LogP contribution in [0.15, 0.2) is 59.6 Å². The largest absolute Gasteiger partial charge is 0.493 e. The van der Waals surface area contributed by atoms with Crippen LogP contribution < -0.4 is 14.8 Å². The molecule has 1 heterocycles. The smallest absolute Gasteiger partial charge is 0.417 e. The number of halogens is 4. The lowest BCUT2D eigenvalue weighted by atomic mass is 10.1. The number of pyridine rings is 1. The quantitative estimate of drug-likeness (QED) is 0.514. The zero-order valence-corrected chi connectivity index (χ0v) is 17.5. The number of anilines is 1. The second-order valence-corrected chi connectivity index (χ2v) is 7.79. The number of aromatic nitrogens is 1. The van der Waals surface area contributed by atoms with Crippen LogP contribution >= 0.6 is 0 Å². The Balaban J connectivity index is 2.01. The molecule has 168 valence electrons. The molecule has 2 aromatic carbocycles. The maximum absolute atomic E-state index is 13.4. The molecular weight excluding hydrogens is 452 g/mol. The van der Waals surface area contributed by atoms with Crippen LogP contribution in [0.1, 0.15) is 15.9 Å². The van der Waals surface area contributed by atoms with Crippen molar-refractivity contribution in [3.05, 3.63) is 71.7 Å². The molecule has 0 aliphatic heterocycles. The van der Waals surface area contributed by atoms with E-state index in [0.717, 1.165) is 12.1 Å². The Morgan fingerprint density at radius 2 is 1.84 bits per heavy atom. The molecule has 11 heteroatoms. The molecule has 1 N–H and O–H groups in total. The van der Waals surface area contributed by atoms with E-state index in [4.69, 9.17) is 9.47 Å². The van der Waals surface area contributed by atoms with E-state index < -0.39 is 45.7 Å². The molecule has 1 atom stereocenters. The van der Waals surface area contributed by atoms with E-state index in [1.165, 1.54) is 37.6 Å². The Kier molecular flexibility index (Phi) is 6.78. The molecule has 0 spiro atoms. The van der Waals surface area contributed by atoms with Gasteiger partial charge in [0.15, 0.2) is 11.5 Å². The van der Waals surface area contributed by atoms with Gasteiger partial charge in [0.05, 0.1) is 12.7 Å². The Morgan fingerprint density at radius 3 is 2.50 bits per heavy atom. The molecule has 3 rings (SSSR count). The molecule has 0 aliphatic rings. The van der Waals surface area contributed by atoms with Crippen molar-refractivity contribution >= 4 is 22.4 Å². The monoisotopic (exact) mass is 468 g/mol. The topological polar surface area (TPSA) is 77.5 Å². The van der Waals surface area contributed by atoms with E-state index >= 15 is 0 Å². The van der Waals surface area contributed by atoms with E-state index in [-0.39, 0.29) is 17.2 Å². The van der Waals surface area contributed by atoms with Gasteiger partial charge in [-0.3, -0.25) is 9.00 Å². The van der Waals surface area contributed by atoms with Crippen LogP contribution in [-0.2, 0) is 17.0 Å². The zero-order chi connectivity index (χ0) is 23.5. The van der Waals surface area contributed by atoms with Crippen LogP contribution in [0.25, 0.3) is 0 Å². The van der Waals surface area contributed by atoms with Crippen molar-refractivity contribution in [2.24, 2.45) is 0 Å². The van der Waals surface area contributed by atoms with Gasteiger partial charge in [-0.1, -0.05) is 6.07 Å². The fraction of sp³-hybridized carbons (Fsp3) is 0.143. The maximum atomic E-state index is 13.4. The third-order valence-electron chi connectivity index (χ3n) is 4.18. The Morgan fingerprint density at radius 1 is 1.09 bits per heavy atom. The van der Waals surface area contributed by atoms with Gasteiger partial charge in [-0.2, -0.15) is 13.2 Å². The van der Waals surface area contributed by atoms with Crippen LogP contribution in [-0.4, -0.2) is 28.5 Å². The predicted molar refractivity (Wildman–Crippen MR) is 109 cm³/mol. The molecule has 0 saturated carbocycles. The van der Waals surface area contributed by atoms with Gasteiger partial charge in [-0.05, 0) is 36.4 Å². The number of nitrogens with one attached hydrogen (secondary N) is 1. The van der Waals surface area contributed by atoms with Crippen LogP contribution in [0.3, 0.4) is 0 Å². The van der Waals surface area contributed by atoms with Crippen LogP contribution in [0.4, 0.5) is 23.2 Å². The third-order valence-corrected chi connectivity index (χ3v) is 5.10. The van der Waals surface area contributed by atoms with E-state index in [1.54, 1.807) is 6.07 Å².